The summed E-state index contributed by atoms with van der Waals surface area (Å²) in [4.78, 5) is 71.8. The van der Waals surface area contributed by atoms with Gasteiger partial charge in [-0.25, -0.2) is 4.79 Å². The molecule has 15 heteroatoms. The van der Waals surface area contributed by atoms with Crippen molar-refractivity contribution >= 4 is 47.3 Å². The van der Waals surface area contributed by atoms with Crippen LogP contribution in [0.1, 0.15) is 44.9 Å². The summed E-state index contributed by atoms with van der Waals surface area (Å²) < 4.78 is 0. The summed E-state index contributed by atoms with van der Waals surface area (Å²) in [5.41, 5.74) is 21.5. The number of carboxylic acids is 1. The fourth-order valence-corrected chi connectivity index (χ4v) is 3.39. The van der Waals surface area contributed by atoms with Gasteiger partial charge in [0.1, 0.15) is 18.1 Å². The number of thioether (sulfide) groups is 1. The number of carbonyl (C=O) groups is 6. The van der Waals surface area contributed by atoms with Crippen LogP contribution in [0.3, 0.4) is 0 Å². The van der Waals surface area contributed by atoms with Crippen LogP contribution in [0.15, 0.2) is 0 Å². The number of carbonyl (C=O) groups excluding carboxylic acids is 5. The van der Waals surface area contributed by atoms with Gasteiger partial charge < -0.3 is 44.0 Å². The van der Waals surface area contributed by atoms with Crippen molar-refractivity contribution in [3.05, 3.63) is 0 Å². The van der Waals surface area contributed by atoms with Gasteiger partial charge in [-0.15, -0.1) is 0 Å². The number of unbranched alkanes of at least 4 members (excludes halogenated alkanes) is 1. The maximum atomic E-state index is 12.9. The zero-order valence-corrected chi connectivity index (χ0v) is 20.6. The summed E-state index contributed by atoms with van der Waals surface area (Å²) in [5.74, 6) is -4.97. The minimum atomic E-state index is -1.51. The van der Waals surface area contributed by atoms with Crippen molar-refractivity contribution < 1.29 is 33.9 Å². The molecule has 14 nitrogen and oxygen atoms in total. The Bertz CT molecular complexity index is 753. The normalized spacial score (nSPS) is 14.1. The lowest BCUT2D eigenvalue weighted by Crippen LogP contribution is -2.57. The molecule has 0 radical (unpaired) electrons. The Morgan fingerprint density at radius 1 is 0.800 bits per heavy atom. The second kappa shape index (κ2) is 17.5. The summed E-state index contributed by atoms with van der Waals surface area (Å²) in [6.45, 7) is 0.460. The second-order valence-electron chi connectivity index (χ2n) is 7.87. The largest absolute Gasteiger partial charge is 0.480 e. The number of hydrogen-bond acceptors (Lipinski definition) is 9. The van der Waals surface area contributed by atoms with E-state index in [1.54, 1.807) is 6.26 Å². The highest BCUT2D eigenvalue weighted by molar-refractivity contribution is 7.98. The monoisotopic (exact) mass is 519 g/mol. The number of nitrogens with one attached hydrogen (secondary N) is 3. The van der Waals surface area contributed by atoms with E-state index < -0.39 is 66.1 Å². The highest BCUT2D eigenvalue weighted by Crippen LogP contribution is 2.06. The first-order valence-corrected chi connectivity index (χ1v) is 12.5. The molecule has 0 heterocycles. The Balaban J connectivity index is 5.41. The van der Waals surface area contributed by atoms with Crippen LogP contribution in [-0.2, 0) is 28.8 Å². The third-order valence-corrected chi connectivity index (χ3v) is 5.53. The standard InChI is InChI=1S/C20H37N7O7S/c1-35-9-7-12(25-17(30)11(22)4-2-3-8-21)18(31)27-14(10-16(24)29)19(32)26-13(20(33)34)5-6-15(23)28/h11-14H,2-10,21-22H2,1H3,(H2,23,28)(H2,24,29)(H,25,30)(H,26,32)(H,27,31)(H,33,34). The molecule has 0 aromatic carbocycles. The third kappa shape index (κ3) is 14.2. The van der Waals surface area contributed by atoms with Gasteiger partial charge in [-0.05, 0) is 44.2 Å². The number of hydrogen-bond donors (Lipinski definition) is 8. The molecule has 4 atom stereocenters. The van der Waals surface area contributed by atoms with Gasteiger partial charge in [0, 0.05) is 6.42 Å². The summed E-state index contributed by atoms with van der Waals surface area (Å²) >= 11 is 1.42. The van der Waals surface area contributed by atoms with Crippen molar-refractivity contribution in [2.75, 3.05) is 18.6 Å². The lowest BCUT2D eigenvalue weighted by Gasteiger charge is -2.24. The van der Waals surface area contributed by atoms with Crippen LogP contribution in [0.5, 0.6) is 0 Å². The number of aliphatic carboxylic acids is 1. The fraction of sp³-hybridized carbons (Fsp3) is 0.700. The van der Waals surface area contributed by atoms with E-state index in [-0.39, 0.29) is 19.3 Å². The molecule has 0 saturated carbocycles. The molecule has 0 spiro atoms. The van der Waals surface area contributed by atoms with E-state index in [2.05, 4.69) is 16.0 Å². The molecule has 200 valence electrons. The van der Waals surface area contributed by atoms with Gasteiger partial charge >= 0.3 is 5.97 Å². The van der Waals surface area contributed by atoms with Crippen LogP contribution in [0.2, 0.25) is 0 Å². The molecule has 0 aliphatic heterocycles. The van der Waals surface area contributed by atoms with Crippen LogP contribution in [0, 0.1) is 0 Å². The highest BCUT2D eigenvalue weighted by Gasteiger charge is 2.31. The Labute approximate surface area is 208 Å². The topological polar surface area (TPSA) is 263 Å². The zero-order chi connectivity index (χ0) is 27.0. The third-order valence-electron chi connectivity index (χ3n) is 4.88. The van der Waals surface area contributed by atoms with Gasteiger partial charge in [0.2, 0.25) is 29.5 Å². The van der Waals surface area contributed by atoms with Crippen molar-refractivity contribution in [2.24, 2.45) is 22.9 Å². The zero-order valence-electron chi connectivity index (χ0n) is 19.8. The van der Waals surface area contributed by atoms with E-state index in [0.717, 1.165) is 0 Å². The van der Waals surface area contributed by atoms with Gasteiger partial charge in [-0.1, -0.05) is 6.42 Å². The lowest BCUT2D eigenvalue weighted by molar-refractivity contribution is -0.142. The summed E-state index contributed by atoms with van der Waals surface area (Å²) in [5, 5.41) is 16.3. The van der Waals surface area contributed by atoms with Crippen molar-refractivity contribution in [2.45, 2.75) is 69.1 Å². The molecule has 12 N–H and O–H groups in total. The molecule has 0 aliphatic carbocycles. The Morgan fingerprint density at radius 3 is 1.89 bits per heavy atom. The van der Waals surface area contributed by atoms with Crippen LogP contribution in [0.4, 0.5) is 0 Å². The molecule has 4 unspecified atom stereocenters. The molecule has 0 saturated heterocycles. The molecule has 35 heavy (non-hydrogen) atoms. The van der Waals surface area contributed by atoms with Crippen molar-refractivity contribution in [3.63, 3.8) is 0 Å². The quantitative estimate of drug-likeness (QED) is 0.0795. The van der Waals surface area contributed by atoms with E-state index in [1.165, 1.54) is 11.8 Å². The summed E-state index contributed by atoms with van der Waals surface area (Å²) in [7, 11) is 0. The first-order valence-electron chi connectivity index (χ1n) is 11.1. The average Bonchev–Trinajstić information content (AvgIpc) is 2.77. The fourth-order valence-electron chi connectivity index (χ4n) is 2.92. The average molecular weight is 520 g/mol. The maximum absolute atomic E-state index is 12.9. The predicted molar refractivity (Wildman–Crippen MR) is 130 cm³/mol. The van der Waals surface area contributed by atoms with E-state index in [1.807, 2.05) is 0 Å². The van der Waals surface area contributed by atoms with E-state index in [0.29, 0.717) is 31.6 Å². The predicted octanol–water partition coefficient (Wildman–Crippen LogP) is -3.12. The molecule has 0 fully saturated rings. The van der Waals surface area contributed by atoms with Gasteiger partial charge in [0.05, 0.1) is 12.5 Å². The molecule has 0 aromatic rings. The minimum Gasteiger partial charge on any atom is -0.480 e. The van der Waals surface area contributed by atoms with Crippen molar-refractivity contribution in [1.82, 2.24) is 16.0 Å². The lowest BCUT2D eigenvalue weighted by atomic mass is 10.1. The Hall–Kier alpha value is -2.91. The van der Waals surface area contributed by atoms with Gasteiger partial charge in [-0.3, -0.25) is 24.0 Å². The molecular formula is C20H37N7O7S. The smallest absolute Gasteiger partial charge is 0.326 e. The summed E-state index contributed by atoms with van der Waals surface area (Å²) in [6.07, 6.45) is 2.48. The van der Waals surface area contributed by atoms with Crippen molar-refractivity contribution in [3.8, 4) is 0 Å². The Kier molecular flexibility index (Phi) is 16.1. The second-order valence-corrected chi connectivity index (χ2v) is 8.86. The maximum Gasteiger partial charge on any atom is 0.326 e. The molecule has 0 rings (SSSR count). The number of carboxylic acid groups (broad SMARTS) is 1. The molecular weight excluding hydrogens is 482 g/mol. The number of rotatable bonds is 19. The molecule has 5 amide bonds. The van der Waals surface area contributed by atoms with E-state index >= 15 is 0 Å². The van der Waals surface area contributed by atoms with Crippen LogP contribution in [-0.4, -0.2) is 83.3 Å². The van der Waals surface area contributed by atoms with Crippen LogP contribution >= 0.6 is 11.8 Å². The van der Waals surface area contributed by atoms with Crippen LogP contribution < -0.4 is 38.9 Å². The van der Waals surface area contributed by atoms with Crippen LogP contribution in [0.25, 0.3) is 0 Å². The van der Waals surface area contributed by atoms with Gasteiger partial charge in [-0.2, -0.15) is 11.8 Å². The number of primary amides is 2. The molecule has 0 aliphatic rings. The minimum absolute atomic E-state index is 0.204. The first-order chi connectivity index (χ1) is 16.4. The molecule has 0 bridgehead atoms. The number of amides is 5. The van der Waals surface area contributed by atoms with E-state index in [4.69, 9.17) is 22.9 Å². The SMILES string of the molecule is CSCCC(NC(=O)C(N)CCCCN)C(=O)NC(CC(N)=O)C(=O)NC(CCC(N)=O)C(=O)O. The highest BCUT2D eigenvalue weighted by atomic mass is 32.2. The van der Waals surface area contributed by atoms with Crippen molar-refractivity contribution in [1.29, 1.82) is 0 Å². The summed E-state index contributed by atoms with van der Waals surface area (Å²) in [6, 6.07) is -4.93. The Morgan fingerprint density at radius 2 is 1.37 bits per heavy atom. The van der Waals surface area contributed by atoms with Gasteiger partial charge in [0.15, 0.2) is 0 Å². The van der Waals surface area contributed by atoms with Gasteiger partial charge in [0.25, 0.3) is 0 Å². The first kappa shape index (κ1) is 32.1. The number of nitrogens with two attached hydrogens (primary N) is 4. The van der Waals surface area contributed by atoms with E-state index in [9.17, 15) is 33.9 Å². The molecule has 0 aromatic heterocycles.